The van der Waals surface area contributed by atoms with Crippen molar-refractivity contribution in [2.45, 2.75) is 52.4 Å². The van der Waals surface area contributed by atoms with E-state index in [9.17, 15) is 19.1 Å². The topological polar surface area (TPSA) is 84.7 Å². The molecular weight excluding hydrogens is 461 g/mol. The summed E-state index contributed by atoms with van der Waals surface area (Å²) in [7, 11) is 2.07. The monoisotopic (exact) mass is 491 g/mol. The molecule has 1 N–H and O–H groups in total. The summed E-state index contributed by atoms with van der Waals surface area (Å²) in [5, 5.41) is 11.9. The largest absolute Gasteiger partial charge is 0.458 e. The van der Waals surface area contributed by atoms with Crippen molar-refractivity contribution >= 4 is 22.9 Å². The van der Waals surface area contributed by atoms with Crippen LogP contribution in [0, 0.1) is 12.7 Å². The van der Waals surface area contributed by atoms with Gasteiger partial charge in [-0.1, -0.05) is 26.0 Å². The Kier molecular flexibility index (Phi) is 6.04. The van der Waals surface area contributed by atoms with Gasteiger partial charge in [0.25, 0.3) is 5.56 Å². The molecule has 1 atom stereocenters. The fraction of sp³-hybridized carbons (Fsp3) is 0.393. The van der Waals surface area contributed by atoms with Gasteiger partial charge in [0.2, 0.25) is 0 Å². The highest BCUT2D eigenvalue weighted by molar-refractivity contribution is 5.94. The van der Waals surface area contributed by atoms with E-state index in [4.69, 9.17) is 9.72 Å². The fourth-order valence-corrected chi connectivity index (χ4v) is 5.08. The number of aliphatic hydroxyl groups is 1. The number of pyridine rings is 2. The van der Waals surface area contributed by atoms with Crippen LogP contribution >= 0.6 is 0 Å². The summed E-state index contributed by atoms with van der Waals surface area (Å²) in [6.07, 6.45) is 5.05. The van der Waals surface area contributed by atoms with Gasteiger partial charge in [-0.3, -0.25) is 4.79 Å². The van der Waals surface area contributed by atoms with Gasteiger partial charge < -0.3 is 19.3 Å². The van der Waals surface area contributed by atoms with Crippen molar-refractivity contribution in [3.8, 4) is 11.4 Å². The molecule has 2 aromatic heterocycles. The van der Waals surface area contributed by atoms with Gasteiger partial charge in [-0.25, -0.2) is 14.2 Å². The van der Waals surface area contributed by atoms with Crippen LogP contribution in [-0.4, -0.2) is 45.7 Å². The van der Waals surface area contributed by atoms with Crippen LogP contribution in [0.5, 0.6) is 0 Å². The molecular formula is C28H30FN3O4. The van der Waals surface area contributed by atoms with E-state index in [2.05, 4.69) is 24.9 Å². The summed E-state index contributed by atoms with van der Waals surface area (Å²) in [6.45, 7) is 7.48. The van der Waals surface area contributed by atoms with Crippen LogP contribution in [0.3, 0.4) is 0 Å². The van der Waals surface area contributed by atoms with Gasteiger partial charge in [-0.2, -0.15) is 0 Å². The Labute approximate surface area is 208 Å². The molecule has 0 radical (unpaired) electrons. The minimum absolute atomic E-state index is 0.0738. The Bertz CT molecular complexity index is 1490. The molecule has 188 valence electrons. The van der Waals surface area contributed by atoms with E-state index in [0.29, 0.717) is 29.0 Å². The van der Waals surface area contributed by atoms with Crippen LogP contribution in [0.4, 0.5) is 4.39 Å². The highest BCUT2D eigenvalue weighted by atomic mass is 19.1. The van der Waals surface area contributed by atoms with E-state index >= 15 is 0 Å². The number of esters is 1. The first-order valence-electron chi connectivity index (χ1n) is 12.3. The maximum absolute atomic E-state index is 14.5. The standard InChI is InChI=1S/C28H30FN3O4/c1-5-28(35)21-12-24-25-19(14-32(24)26(33)20(21)15-36-27(28)34)17(9-7-8-10-31(4)6-2)18-11-16(3)22(29)13-23(18)30-25/h7,9,11-13,35H,5-6,8,10,14-15H2,1-4H3/b9-7+/t28-/m0/s1. The predicted molar refractivity (Wildman–Crippen MR) is 136 cm³/mol. The average Bonchev–Trinajstić information content (AvgIpc) is 3.23. The molecule has 2 aliphatic rings. The zero-order valence-electron chi connectivity index (χ0n) is 21.0. The van der Waals surface area contributed by atoms with Crippen LogP contribution in [0.1, 0.15) is 54.5 Å². The van der Waals surface area contributed by atoms with Gasteiger partial charge in [0.05, 0.1) is 29.0 Å². The molecule has 2 aliphatic heterocycles. The molecule has 0 saturated carbocycles. The molecule has 0 amide bonds. The number of cyclic esters (lactones) is 1. The van der Waals surface area contributed by atoms with Crippen molar-refractivity contribution in [1.29, 1.82) is 0 Å². The molecule has 0 aliphatic carbocycles. The maximum atomic E-state index is 14.5. The number of carbonyl (C=O) groups is 1. The maximum Gasteiger partial charge on any atom is 0.343 e. The van der Waals surface area contributed by atoms with Crippen molar-refractivity contribution in [3.05, 3.63) is 68.3 Å². The highest BCUT2D eigenvalue weighted by Gasteiger charge is 2.45. The molecule has 0 unspecified atom stereocenters. The van der Waals surface area contributed by atoms with Crippen molar-refractivity contribution in [2.75, 3.05) is 20.1 Å². The van der Waals surface area contributed by atoms with E-state index in [1.807, 2.05) is 6.08 Å². The Morgan fingerprint density at radius 2 is 2.03 bits per heavy atom. The summed E-state index contributed by atoms with van der Waals surface area (Å²) in [5.74, 6) is -1.11. The van der Waals surface area contributed by atoms with E-state index in [1.165, 1.54) is 6.07 Å². The number of ether oxygens (including phenoxy) is 1. The Morgan fingerprint density at radius 3 is 2.75 bits per heavy atom. The molecule has 0 spiro atoms. The van der Waals surface area contributed by atoms with Crippen LogP contribution in [0.15, 0.2) is 29.1 Å². The van der Waals surface area contributed by atoms with E-state index in [1.54, 1.807) is 30.5 Å². The zero-order chi connectivity index (χ0) is 25.8. The predicted octanol–water partition coefficient (Wildman–Crippen LogP) is 3.88. The molecule has 0 saturated heterocycles. The number of hydrogen-bond acceptors (Lipinski definition) is 6. The van der Waals surface area contributed by atoms with Gasteiger partial charge in [0, 0.05) is 29.1 Å². The lowest BCUT2D eigenvalue weighted by Gasteiger charge is -2.31. The number of carbonyl (C=O) groups excluding carboxylic acids is 1. The van der Waals surface area contributed by atoms with Crippen molar-refractivity contribution < 1.29 is 19.0 Å². The van der Waals surface area contributed by atoms with Gasteiger partial charge in [0.1, 0.15) is 12.4 Å². The zero-order valence-corrected chi connectivity index (χ0v) is 21.0. The third-order valence-electron chi connectivity index (χ3n) is 7.51. The molecule has 4 heterocycles. The summed E-state index contributed by atoms with van der Waals surface area (Å²) in [5.41, 5.74) is 2.19. The first-order valence-corrected chi connectivity index (χ1v) is 12.3. The molecule has 0 fully saturated rings. The van der Waals surface area contributed by atoms with Crippen LogP contribution in [-0.2, 0) is 28.3 Å². The molecule has 7 nitrogen and oxygen atoms in total. The SMILES string of the molecule is CCN(C)CC/C=C/c1c2c(nc3cc(F)c(C)cc13)-c1cc3c(c(=O)n1C2)COC(=O)[C@]3(O)CC. The van der Waals surface area contributed by atoms with Gasteiger partial charge >= 0.3 is 5.97 Å². The summed E-state index contributed by atoms with van der Waals surface area (Å²) in [6, 6.07) is 4.90. The number of nitrogens with zero attached hydrogens (tertiary/aromatic N) is 3. The number of benzene rings is 1. The van der Waals surface area contributed by atoms with Crippen molar-refractivity contribution in [2.24, 2.45) is 0 Å². The van der Waals surface area contributed by atoms with Crippen LogP contribution in [0.2, 0.25) is 0 Å². The normalized spacial score (nSPS) is 18.6. The minimum Gasteiger partial charge on any atom is -0.458 e. The molecule has 5 rings (SSSR count). The highest BCUT2D eigenvalue weighted by Crippen LogP contribution is 2.40. The summed E-state index contributed by atoms with van der Waals surface area (Å²) < 4.78 is 21.3. The molecule has 0 bridgehead atoms. The lowest BCUT2D eigenvalue weighted by molar-refractivity contribution is -0.172. The first kappa shape index (κ1) is 24.3. The summed E-state index contributed by atoms with van der Waals surface area (Å²) in [4.78, 5) is 32.9. The van der Waals surface area contributed by atoms with Gasteiger partial charge in [-0.15, -0.1) is 0 Å². The molecule has 8 heteroatoms. The Morgan fingerprint density at radius 1 is 1.25 bits per heavy atom. The second-order valence-electron chi connectivity index (χ2n) is 9.66. The molecule has 36 heavy (non-hydrogen) atoms. The van der Waals surface area contributed by atoms with E-state index in [0.717, 1.165) is 36.0 Å². The van der Waals surface area contributed by atoms with Crippen molar-refractivity contribution in [1.82, 2.24) is 14.5 Å². The summed E-state index contributed by atoms with van der Waals surface area (Å²) >= 11 is 0. The Balaban J connectivity index is 1.72. The number of rotatable bonds is 6. The second-order valence-corrected chi connectivity index (χ2v) is 9.66. The third-order valence-corrected chi connectivity index (χ3v) is 7.51. The molecule has 3 aromatic rings. The number of halogens is 1. The molecule has 1 aromatic carbocycles. The van der Waals surface area contributed by atoms with E-state index < -0.39 is 11.6 Å². The number of aryl methyl sites for hydroxylation is 1. The smallest absolute Gasteiger partial charge is 0.343 e. The average molecular weight is 492 g/mol. The van der Waals surface area contributed by atoms with E-state index in [-0.39, 0.29) is 35.5 Å². The van der Waals surface area contributed by atoms with Crippen LogP contribution in [0.25, 0.3) is 28.4 Å². The second kappa shape index (κ2) is 8.94. The van der Waals surface area contributed by atoms with Crippen LogP contribution < -0.4 is 5.56 Å². The number of hydrogen-bond donors (Lipinski definition) is 1. The first-order chi connectivity index (χ1) is 17.2. The lowest BCUT2D eigenvalue weighted by Crippen LogP contribution is -2.44. The quantitative estimate of drug-likeness (QED) is 0.412. The van der Waals surface area contributed by atoms with Crippen molar-refractivity contribution in [3.63, 3.8) is 0 Å². The fourth-order valence-electron chi connectivity index (χ4n) is 5.08. The van der Waals surface area contributed by atoms with Gasteiger partial charge in [0.15, 0.2) is 5.60 Å². The Hall–Kier alpha value is -3.36. The minimum atomic E-state index is -1.89. The third kappa shape index (κ3) is 3.67. The number of fused-ring (bicyclic) bond motifs is 5. The number of aromatic nitrogens is 2. The lowest BCUT2D eigenvalue weighted by atomic mass is 9.86. The van der Waals surface area contributed by atoms with Gasteiger partial charge in [-0.05, 0) is 56.6 Å².